The van der Waals surface area contributed by atoms with Crippen LogP contribution in [0.5, 0.6) is 5.75 Å². The number of fused-ring (bicyclic) bond motifs is 1. The summed E-state index contributed by atoms with van der Waals surface area (Å²) in [5, 5.41) is 6.63. The lowest BCUT2D eigenvalue weighted by atomic mass is 9.90. The second kappa shape index (κ2) is 6.41. The molecule has 0 fully saturated rings. The second-order valence-electron chi connectivity index (χ2n) is 5.09. The molecule has 0 saturated heterocycles. The number of rotatable bonds is 3. The summed E-state index contributed by atoms with van der Waals surface area (Å²) in [6.07, 6.45) is 2.28. The molecule has 1 amide bonds. The van der Waals surface area contributed by atoms with E-state index in [1.807, 2.05) is 32.0 Å². The lowest BCUT2D eigenvalue weighted by Gasteiger charge is -2.18. The van der Waals surface area contributed by atoms with Gasteiger partial charge >= 0.3 is 6.09 Å². The van der Waals surface area contributed by atoms with Gasteiger partial charge in [-0.15, -0.1) is 0 Å². The van der Waals surface area contributed by atoms with Crippen molar-refractivity contribution in [3.05, 3.63) is 29.3 Å². The molecule has 0 heterocycles. The molecule has 0 aliphatic heterocycles. The number of carbonyl (C=O) groups is 1. The number of hydrogen-bond acceptors (Lipinski definition) is 4. The van der Waals surface area contributed by atoms with Crippen LogP contribution >= 0.6 is 0 Å². The van der Waals surface area contributed by atoms with Crippen molar-refractivity contribution in [2.24, 2.45) is 5.16 Å². The zero-order valence-electron chi connectivity index (χ0n) is 12.1. The molecule has 0 bridgehead atoms. The number of nitrogens with zero attached hydrogens (tertiary/aromatic N) is 1. The van der Waals surface area contributed by atoms with Crippen LogP contribution in [0.3, 0.4) is 0 Å². The number of benzene rings is 1. The van der Waals surface area contributed by atoms with Crippen LogP contribution in [0.25, 0.3) is 0 Å². The summed E-state index contributed by atoms with van der Waals surface area (Å²) in [5.74, 6) is 0.837. The van der Waals surface area contributed by atoms with E-state index in [1.54, 1.807) is 7.11 Å². The maximum absolute atomic E-state index is 11.4. The molecule has 0 aromatic heterocycles. The van der Waals surface area contributed by atoms with Gasteiger partial charge in [-0.25, -0.2) is 4.79 Å². The van der Waals surface area contributed by atoms with E-state index in [1.165, 1.54) is 5.56 Å². The van der Waals surface area contributed by atoms with Crippen LogP contribution in [0, 0.1) is 0 Å². The molecule has 1 N–H and O–H groups in total. The third-order valence-electron chi connectivity index (χ3n) is 3.13. The second-order valence-corrected chi connectivity index (χ2v) is 5.09. The summed E-state index contributed by atoms with van der Waals surface area (Å²) in [5.41, 5.74) is 3.03. The Bertz CT molecular complexity index is 524. The SMILES string of the molecule is COc1ccc2c(c1)CCC/C2=N\OC(=O)NC(C)C. The zero-order chi connectivity index (χ0) is 14.5. The molecular weight excluding hydrogens is 256 g/mol. The topological polar surface area (TPSA) is 59.9 Å². The summed E-state index contributed by atoms with van der Waals surface area (Å²) in [6.45, 7) is 3.74. The van der Waals surface area contributed by atoms with Crippen molar-refractivity contribution < 1.29 is 14.4 Å². The van der Waals surface area contributed by atoms with Crippen LogP contribution in [0.1, 0.15) is 37.8 Å². The molecule has 20 heavy (non-hydrogen) atoms. The number of carbonyl (C=O) groups excluding carboxylic acids is 1. The fourth-order valence-electron chi connectivity index (χ4n) is 2.22. The minimum Gasteiger partial charge on any atom is -0.497 e. The Hall–Kier alpha value is -2.04. The van der Waals surface area contributed by atoms with Gasteiger partial charge in [-0.3, -0.25) is 4.84 Å². The molecule has 1 aliphatic carbocycles. The van der Waals surface area contributed by atoms with Gasteiger partial charge in [0, 0.05) is 11.6 Å². The van der Waals surface area contributed by atoms with E-state index in [0.717, 1.165) is 36.3 Å². The summed E-state index contributed by atoms with van der Waals surface area (Å²) in [7, 11) is 1.65. The van der Waals surface area contributed by atoms with E-state index in [4.69, 9.17) is 9.57 Å². The minimum atomic E-state index is -0.520. The number of aryl methyl sites for hydroxylation is 1. The van der Waals surface area contributed by atoms with Gasteiger partial charge in [-0.2, -0.15) is 0 Å². The van der Waals surface area contributed by atoms with Crippen LogP contribution in [0.4, 0.5) is 4.79 Å². The normalized spacial score (nSPS) is 15.9. The van der Waals surface area contributed by atoms with E-state index in [0.29, 0.717) is 0 Å². The zero-order valence-corrected chi connectivity index (χ0v) is 12.1. The summed E-state index contributed by atoms with van der Waals surface area (Å²) in [4.78, 5) is 16.4. The Morgan fingerprint density at radius 2 is 2.15 bits per heavy atom. The maximum atomic E-state index is 11.4. The standard InChI is InChI=1S/C15H20N2O3/c1-10(2)16-15(18)20-17-14-6-4-5-11-9-12(19-3)7-8-13(11)14/h7-10H,4-6H2,1-3H3,(H,16,18)/b17-14+. The first-order valence-corrected chi connectivity index (χ1v) is 6.82. The molecule has 0 radical (unpaired) electrons. The first-order chi connectivity index (χ1) is 9.60. The summed E-state index contributed by atoms with van der Waals surface area (Å²) >= 11 is 0. The van der Waals surface area contributed by atoms with Crippen LogP contribution in [0.2, 0.25) is 0 Å². The van der Waals surface area contributed by atoms with Crippen LogP contribution in [-0.2, 0) is 11.3 Å². The molecule has 108 valence electrons. The van der Waals surface area contributed by atoms with Crippen LogP contribution in [-0.4, -0.2) is 25.0 Å². The molecule has 1 aromatic rings. The number of nitrogens with one attached hydrogen (secondary N) is 1. The number of oxime groups is 1. The van der Waals surface area contributed by atoms with E-state index < -0.39 is 6.09 Å². The third kappa shape index (κ3) is 3.50. The van der Waals surface area contributed by atoms with Gasteiger partial charge in [-0.1, -0.05) is 5.16 Å². The molecule has 2 rings (SSSR count). The average molecular weight is 276 g/mol. The highest BCUT2D eigenvalue weighted by molar-refractivity contribution is 6.02. The van der Waals surface area contributed by atoms with E-state index >= 15 is 0 Å². The summed E-state index contributed by atoms with van der Waals surface area (Å²) in [6, 6.07) is 5.91. The maximum Gasteiger partial charge on any atom is 0.433 e. The molecule has 1 aromatic carbocycles. The highest BCUT2D eigenvalue weighted by Gasteiger charge is 2.17. The molecular formula is C15H20N2O3. The average Bonchev–Trinajstić information content (AvgIpc) is 2.43. The molecule has 1 aliphatic rings. The Morgan fingerprint density at radius 1 is 1.35 bits per heavy atom. The molecule has 0 spiro atoms. The minimum absolute atomic E-state index is 0.0330. The Kier molecular flexibility index (Phi) is 4.61. The number of ether oxygens (including phenoxy) is 1. The molecule has 5 nitrogen and oxygen atoms in total. The quantitative estimate of drug-likeness (QED) is 0.682. The van der Waals surface area contributed by atoms with Gasteiger partial charge in [0.25, 0.3) is 0 Å². The Labute approximate surface area is 118 Å². The predicted octanol–water partition coefficient (Wildman–Crippen LogP) is 2.87. The fraction of sp³-hybridized carbons (Fsp3) is 0.467. The lowest BCUT2D eigenvalue weighted by molar-refractivity contribution is 0.148. The summed E-state index contributed by atoms with van der Waals surface area (Å²) < 4.78 is 5.22. The first-order valence-electron chi connectivity index (χ1n) is 6.82. The van der Waals surface area contributed by atoms with Crippen molar-refractivity contribution in [3.8, 4) is 5.75 Å². The van der Waals surface area contributed by atoms with E-state index in [-0.39, 0.29) is 6.04 Å². The molecule has 0 unspecified atom stereocenters. The third-order valence-corrected chi connectivity index (χ3v) is 3.13. The predicted molar refractivity (Wildman–Crippen MR) is 77.2 cm³/mol. The van der Waals surface area contributed by atoms with Crippen LogP contribution in [0.15, 0.2) is 23.4 Å². The number of amides is 1. The van der Waals surface area contributed by atoms with Gasteiger partial charge in [0.1, 0.15) is 5.75 Å². The lowest BCUT2D eigenvalue weighted by Crippen LogP contribution is -2.30. The van der Waals surface area contributed by atoms with E-state index in [2.05, 4.69) is 10.5 Å². The van der Waals surface area contributed by atoms with Gasteiger partial charge in [0.2, 0.25) is 0 Å². The highest BCUT2D eigenvalue weighted by Crippen LogP contribution is 2.25. The van der Waals surface area contributed by atoms with E-state index in [9.17, 15) is 4.79 Å². The molecule has 0 saturated carbocycles. The van der Waals surface area contributed by atoms with Crippen molar-refractivity contribution in [1.29, 1.82) is 0 Å². The smallest absolute Gasteiger partial charge is 0.433 e. The van der Waals surface area contributed by atoms with Crippen molar-refractivity contribution >= 4 is 11.8 Å². The highest BCUT2D eigenvalue weighted by atomic mass is 16.7. The van der Waals surface area contributed by atoms with Crippen molar-refractivity contribution in [2.45, 2.75) is 39.2 Å². The number of hydrogen-bond donors (Lipinski definition) is 1. The first kappa shape index (κ1) is 14.4. The van der Waals surface area contributed by atoms with Crippen molar-refractivity contribution in [2.75, 3.05) is 7.11 Å². The Morgan fingerprint density at radius 3 is 2.85 bits per heavy atom. The van der Waals surface area contributed by atoms with Crippen molar-refractivity contribution in [3.63, 3.8) is 0 Å². The van der Waals surface area contributed by atoms with Gasteiger partial charge in [0.15, 0.2) is 0 Å². The van der Waals surface area contributed by atoms with Gasteiger partial charge in [-0.05, 0) is 56.9 Å². The fourth-order valence-corrected chi connectivity index (χ4v) is 2.22. The largest absolute Gasteiger partial charge is 0.497 e. The van der Waals surface area contributed by atoms with Gasteiger partial charge in [0.05, 0.1) is 12.8 Å². The van der Waals surface area contributed by atoms with Gasteiger partial charge < -0.3 is 10.1 Å². The number of methoxy groups -OCH3 is 1. The molecule has 0 atom stereocenters. The van der Waals surface area contributed by atoms with Crippen LogP contribution < -0.4 is 10.1 Å². The Balaban J connectivity index is 2.13. The van der Waals surface area contributed by atoms with Crippen molar-refractivity contribution in [1.82, 2.24) is 5.32 Å². The monoisotopic (exact) mass is 276 g/mol. The molecule has 5 heteroatoms.